The van der Waals surface area contributed by atoms with E-state index < -0.39 is 12.1 Å². The summed E-state index contributed by atoms with van der Waals surface area (Å²) in [7, 11) is 1.77. The van der Waals surface area contributed by atoms with Gasteiger partial charge in [0.1, 0.15) is 5.75 Å². The molecule has 2 N–H and O–H groups in total. The Morgan fingerprint density at radius 1 is 1.24 bits per heavy atom. The van der Waals surface area contributed by atoms with Gasteiger partial charge in [0.15, 0.2) is 0 Å². The van der Waals surface area contributed by atoms with E-state index in [0.717, 1.165) is 5.56 Å². The van der Waals surface area contributed by atoms with E-state index in [1.54, 1.807) is 43.4 Å². The van der Waals surface area contributed by atoms with E-state index in [1.807, 2.05) is 19.1 Å². The lowest BCUT2D eigenvalue weighted by atomic mass is 10.1. The minimum atomic E-state index is -0.631. The van der Waals surface area contributed by atoms with Gasteiger partial charge in [-0.3, -0.25) is 0 Å². The normalized spacial score (nSPS) is 12.0. The van der Waals surface area contributed by atoms with Crippen molar-refractivity contribution in [2.45, 2.75) is 13.0 Å². The van der Waals surface area contributed by atoms with Gasteiger partial charge < -0.3 is 15.2 Å². The zero-order valence-corrected chi connectivity index (χ0v) is 12.2. The Balaban J connectivity index is 2.10. The molecule has 2 aromatic carbocycles. The van der Waals surface area contributed by atoms with Crippen molar-refractivity contribution in [2.75, 3.05) is 13.6 Å². The van der Waals surface area contributed by atoms with Crippen molar-refractivity contribution < 1.29 is 14.6 Å². The topological polar surface area (TPSA) is 58.6 Å². The maximum Gasteiger partial charge on any atom is 0.343 e. The molecule has 2 aromatic rings. The molecule has 1 unspecified atom stereocenters. The summed E-state index contributed by atoms with van der Waals surface area (Å²) in [4.78, 5) is 12.0. The lowest BCUT2D eigenvalue weighted by Gasteiger charge is -2.12. The van der Waals surface area contributed by atoms with Gasteiger partial charge in [0.05, 0.1) is 11.7 Å². The molecule has 0 bridgehead atoms. The van der Waals surface area contributed by atoms with Crippen LogP contribution in [0.15, 0.2) is 48.5 Å². The summed E-state index contributed by atoms with van der Waals surface area (Å²) in [5, 5.41) is 12.8. The van der Waals surface area contributed by atoms with Gasteiger partial charge in [-0.1, -0.05) is 29.8 Å². The third-order valence-electron chi connectivity index (χ3n) is 3.14. The predicted molar refractivity (Wildman–Crippen MR) is 81.5 cm³/mol. The molecule has 1 atom stereocenters. The average molecular weight is 285 g/mol. The Kier molecular flexibility index (Phi) is 5.09. The molecule has 4 nitrogen and oxygen atoms in total. The van der Waals surface area contributed by atoms with E-state index in [2.05, 4.69) is 5.32 Å². The van der Waals surface area contributed by atoms with Crippen LogP contribution in [0.3, 0.4) is 0 Å². The molecular formula is C17H19NO3. The van der Waals surface area contributed by atoms with Crippen LogP contribution in [0, 0.1) is 6.92 Å². The highest BCUT2D eigenvalue weighted by Gasteiger charge is 2.11. The van der Waals surface area contributed by atoms with E-state index in [4.69, 9.17) is 4.74 Å². The lowest BCUT2D eigenvalue weighted by molar-refractivity contribution is 0.0734. The molecule has 0 aliphatic carbocycles. The molecule has 110 valence electrons. The smallest absolute Gasteiger partial charge is 0.343 e. The second-order valence-electron chi connectivity index (χ2n) is 4.90. The fourth-order valence-corrected chi connectivity index (χ4v) is 1.95. The monoisotopic (exact) mass is 285 g/mol. The Bertz CT molecular complexity index is 608. The van der Waals surface area contributed by atoms with E-state index in [0.29, 0.717) is 23.4 Å². The van der Waals surface area contributed by atoms with Gasteiger partial charge in [0, 0.05) is 6.54 Å². The molecule has 0 amide bonds. The minimum Gasteiger partial charge on any atom is -0.423 e. The first-order valence-electron chi connectivity index (χ1n) is 6.81. The largest absolute Gasteiger partial charge is 0.423 e. The van der Waals surface area contributed by atoms with E-state index in [1.165, 1.54) is 0 Å². The number of rotatable bonds is 5. The summed E-state index contributed by atoms with van der Waals surface area (Å²) in [5.74, 6) is 0.0171. The molecule has 0 fully saturated rings. The van der Waals surface area contributed by atoms with Crippen LogP contribution in [0.5, 0.6) is 5.75 Å². The van der Waals surface area contributed by atoms with Gasteiger partial charge in [-0.2, -0.15) is 0 Å². The Morgan fingerprint density at radius 2 is 1.95 bits per heavy atom. The molecule has 0 aromatic heterocycles. The number of ether oxygens (including phenoxy) is 1. The SMILES string of the molecule is CNCC(O)c1cccc(OC(=O)c2ccc(C)cc2)c1. The van der Waals surface area contributed by atoms with Crippen LogP contribution in [-0.2, 0) is 0 Å². The third-order valence-corrected chi connectivity index (χ3v) is 3.14. The molecule has 21 heavy (non-hydrogen) atoms. The first-order valence-corrected chi connectivity index (χ1v) is 6.81. The molecule has 0 aliphatic heterocycles. The van der Waals surface area contributed by atoms with Crippen molar-refractivity contribution in [1.29, 1.82) is 0 Å². The van der Waals surface area contributed by atoms with Gasteiger partial charge >= 0.3 is 5.97 Å². The number of hydrogen-bond donors (Lipinski definition) is 2. The fraction of sp³-hybridized carbons (Fsp3) is 0.235. The minimum absolute atomic E-state index is 0.407. The first-order chi connectivity index (χ1) is 10.1. The van der Waals surface area contributed by atoms with Crippen molar-refractivity contribution in [3.8, 4) is 5.75 Å². The maximum atomic E-state index is 12.0. The summed E-state index contributed by atoms with van der Waals surface area (Å²) in [6, 6.07) is 14.1. The zero-order valence-electron chi connectivity index (χ0n) is 12.2. The third kappa shape index (κ3) is 4.15. The summed E-state index contributed by atoms with van der Waals surface area (Å²) in [6.45, 7) is 2.40. The van der Waals surface area contributed by atoms with Crippen LogP contribution < -0.4 is 10.1 Å². The number of carbonyl (C=O) groups is 1. The fourth-order valence-electron chi connectivity index (χ4n) is 1.95. The van der Waals surface area contributed by atoms with Crippen molar-refractivity contribution in [2.24, 2.45) is 0 Å². The molecule has 0 saturated carbocycles. The first kappa shape index (κ1) is 15.2. The van der Waals surface area contributed by atoms with Crippen molar-refractivity contribution >= 4 is 5.97 Å². The summed E-state index contributed by atoms with van der Waals surface area (Å²) in [5.41, 5.74) is 2.30. The molecular weight excluding hydrogens is 266 g/mol. The van der Waals surface area contributed by atoms with Crippen molar-refractivity contribution in [3.63, 3.8) is 0 Å². The van der Waals surface area contributed by atoms with Gasteiger partial charge in [-0.15, -0.1) is 0 Å². The Hall–Kier alpha value is -2.17. The molecule has 0 spiro atoms. The highest BCUT2D eigenvalue weighted by molar-refractivity contribution is 5.91. The Morgan fingerprint density at radius 3 is 2.62 bits per heavy atom. The standard InChI is InChI=1S/C17H19NO3/c1-12-6-8-13(9-7-12)17(20)21-15-5-3-4-14(10-15)16(19)11-18-2/h3-10,16,18-19H,11H2,1-2H3. The van der Waals surface area contributed by atoms with Crippen LogP contribution in [-0.4, -0.2) is 24.7 Å². The van der Waals surface area contributed by atoms with Crippen LogP contribution in [0.2, 0.25) is 0 Å². The summed E-state index contributed by atoms with van der Waals surface area (Å²) >= 11 is 0. The van der Waals surface area contributed by atoms with Crippen LogP contribution in [0.1, 0.15) is 27.6 Å². The second-order valence-corrected chi connectivity index (χ2v) is 4.90. The van der Waals surface area contributed by atoms with Crippen LogP contribution in [0.25, 0.3) is 0 Å². The molecule has 4 heteroatoms. The maximum absolute atomic E-state index is 12.0. The lowest BCUT2D eigenvalue weighted by Crippen LogP contribution is -2.16. The number of hydrogen-bond acceptors (Lipinski definition) is 4. The van der Waals surface area contributed by atoms with E-state index >= 15 is 0 Å². The van der Waals surface area contributed by atoms with E-state index in [-0.39, 0.29) is 0 Å². The van der Waals surface area contributed by atoms with Crippen LogP contribution in [0.4, 0.5) is 0 Å². The van der Waals surface area contributed by atoms with Gasteiger partial charge in [0.25, 0.3) is 0 Å². The zero-order chi connectivity index (χ0) is 15.2. The number of carbonyl (C=O) groups excluding carboxylic acids is 1. The number of aryl methyl sites for hydroxylation is 1. The number of esters is 1. The number of nitrogens with one attached hydrogen (secondary N) is 1. The molecule has 0 heterocycles. The molecule has 2 rings (SSSR count). The highest BCUT2D eigenvalue weighted by atomic mass is 16.5. The second kappa shape index (κ2) is 7.02. The highest BCUT2D eigenvalue weighted by Crippen LogP contribution is 2.20. The number of benzene rings is 2. The predicted octanol–water partition coefficient (Wildman–Crippen LogP) is 2.47. The van der Waals surface area contributed by atoms with Crippen molar-refractivity contribution in [3.05, 3.63) is 65.2 Å². The molecule has 0 saturated heterocycles. The van der Waals surface area contributed by atoms with Gasteiger partial charge in [0.2, 0.25) is 0 Å². The van der Waals surface area contributed by atoms with Gasteiger partial charge in [-0.05, 0) is 43.8 Å². The van der Waals surface area contributed by atoms with Gasteiger partial charge in [-0.25, -0.2) is 4.79 Å². The molecule has 0 aliphatic rings. The number of aliphatic hydroxyl groups is 1. The quantitative estimate of drug-likeness (QED) is 0.654. The van der Waals surface area contributed by atoms with Crippen LogP contribution >= 0.6 is 0 Å². The number of likely N-dealkylation sites (N-methyl/N-ethyl adjacent to an activating group) is 1. The summed E-state index contributed by atoms with van der Waals surface area (Å²) in [6.07, 6.45) is -0.631. The number of aliphatic hydroxyl groups excluding tert-OH is 1. The Labute approximate surface area is 124 Å². The average Bonchev–Trinajstić information content (AvgIpc) is 2.48. The summed E-state index contributed by atoms with van der Waals surface area (Å²) < 4.78 is 5.34. The van der Waals surface area contributed by atoms with E-state index in [9.17, 15) is 9.90 Å². The molecule has 0 radical (unpaired) electrons. The van der Waals surface area contributed by atoms with Crippen molar-refractivity contribution in [1.82, 2.24) is 5.32 Å².